The van der Waals surface area contributed by atoms with Crippen LogP contribution in [0.5, 0.6) is 0 Å². The third-order valence-electron chi connectivity index (χ3n) is 6.03. The predicted octanol–water partition coefficient (Wildman–Crippen LogP) is 4.22. The van der Waals surface area contributed by atoms with Gasteiger partial charge in [-0.05, 0) is 61.5 Å². The highest BCUT2D eigenvalue weighted by Crippen LogP contribution is 2.63. The van der Waals surface area contributed by atoms with Crippen LogP contribution in [0.1, 0.15) is 57.3 Å². The smallest absolute Gasteiger partial charge is 0.0871 e. The third kappa shape index (κ3) is 1.17. The fourth-order valence-corrected chi connectivity index (χ4v) is 4.82. The second-order valence-corrected chi connectivity index (χ2v) is 7.22. The summed E-state index contributed by atoms with van der Waals surface area (Å²) < 4.78 is 6.52. The fourth-order valence-electron chi connectivity index (χ4n) is 4.82. The van der Waals surface area contributed by atoms with Crippen LogP contribution in [0, 0.1) is 11.8 Å². The number of benzene rings is 1. The molecule has 4 rings (SSSR count). The second kappa shape index (κ2) is 3.19. The third-order valence-corrected chi connectivity index (χ3v) is 6.03. The highest BCUT2D eigenvalue weighted by molar-refractivity contribution is 5.44. The average molecular weight is 242 g/mol. The first kappa shape index (κ1) is 11.0. The Hall–Kier alpha value is -0.820. The lowest BCUT2D eigenvalue weighted by Crippen LogP contribution is -2.50. The van der Waals surface area contributed by atoms with E-state index in [1.807, 2.05) is 0 Å². The molecule has 1 saturated heterocycles. The minimum atomic E-state index is 0.0555. The number of rotatable bonds is 0. The van der Waals surface area contributed by atoms with Gasteiger partial charge in [0, 0.05) is 0 Å². The molecule has 1 heteroatoms. The van der Waals surface area contributed by atoms with Gasteiger partial charge in [-0.3, -0.25) is 0 Å². The van der Waals surface area contributed by atoms with E-state index in [2.05, 4.69) is 45.0 Å². The summed E-state index contributed by atoms with van der Waals surface area (Å²) in [6.45, 7) is 7.04. The molecule has 1 nitrogen and oxygen atoms in total. The normalized spacial score (nSPS) is 43.6. The molecule has 1 aromatic carbocycles. The molecule has 2 bridgehead atoms. The molecule has 1 heterocycles. The average Bonchev–Trinajstić information content (AvgIpc) is 2.61. The Balaban J connectivity index is 1.91. The summed E-state index contributed by atoms with van der Waals surface area (Å²) >= 11 is 0. The Morgan fingerprint density at radius 1 is 1.17 bits per heavy atom. The van der Waals surface area contributed by atoms with Gasteiger partial charge < -0.3 is 4.74 Å². The molecule has 0 radical (unpaired) electrons. The standard InChI is InChI=1S/C17H22O/c1-16(2)11-8-9-17(3)13-7-5-4-6-12(13)15(18-16)14(17)10-11/h4-7,11,14-15H,8-10H2,1-3H3/t11-,14+,15-,17-/m0/s1. The molecule has 0 aromatic heterocycles. The van der Waals surface area contributed by atoms with Gasteiger partial charge >= 0.3 is 0 Å². The molecule has 0 spiro atoms. The lowest BCUT2D eigenvalue weighted by molar-refractivity contribution is -0.192. The summed E-state index contributed by atoms with van der Waals surface area (Å²) in [5.41, 5.74) is 3.46. The first-order chi connectivity index (χ1) is 8.52. The van der Waals surface area contributed by atoms with Gasteiger partial charge in [-0.2, -0.15) is 0 Å². The van der Waals surface area contributed by atoms with E-state index < -0.39 is 0 Å². The zero-order chi connectivity index (χ0) is 12.5. The summed E-state index contributed by atoms with van der Waals surface area (Å²) in [5.74, 6) is 1.46. The molecule has 1 aliphatic heterocycles. The van der Waals surface area contributed by atoms with Gasteiger partial charge in [-0.25, -0.2) is 0 Å². The van der Waals surface area contributed by atoms with Crippen LogP contribution in [0.4, 0.5) is 0 Å². The predicted molar refractivity (Wildman–Crippen MR) is 72.5 cm³/mol. The zero-order valence-electron chi connectivity index (χ0n) is 11.6. The molecular formula is C17H22O. The fraction of sp³-hybridized carbons (Fsp3) is 0.647. The second-order valence-electron chi connectivity index (χ2n) is 7.22. The minimum Gasteiger partial charge on any atom is -0.367 e. The van der Waals surface area contributed by atoms with Gasteiger partial charge in [-0.15, -0.1) is 0 Å². The van der Waals surface area contributed by atoms with Crippen molar-refractivity contribution in [3.63, 3.8) is 0 Å². The monoisotopic (exact) mass is 242 g/mol. The Bertz CT molecular complexity index is 504. The van der Waals surface area contributed by atoms with Gasteiger partial charge in [0.1, 0.15) is 0 Å². The van der Waals surface area contributed by atoms with E-state index in [1.165, 1.54) is 24.8 Å². The van der Waals surface area contributed by atoms with Gasteiger partial charge in [-0.1, -0.05) is 31.2 Å². The molecule has 4 atom stereocenters. The van der Waals surface area contributed by atoms with Crippen molar-refractivity contribution in [2.75, 3.05) is 0 Å². The van der Waals surface area contributed by atoms with Gasteiger partial charge in [0.25, 0.3) is 0 Å². The lowest BCUT2D eigenvalue weighted by Gasteiger charge is -2.52. The van der Waals surface area contributed by atoms with E-state index in [0.717, 1.165) is 5.92 Å². The highest BCUT2D eigenvalue weighted by Gasteiger charge is 2.58. The van der Waals surface area contributed by atoms with Crippen molar-refractivity contribution in [3.8, 4) is 0 Å². The van der Waals surface area contributed by atoms with Gasteiger partial charge in [0.15, 0.2) is 0 Å². The van der Waals surface area contributed by atoms with E-state index in [-0.39, 0.29) is 5.60 Å². The number of hydrogen-bond acceptors (Lipinski definition) is 1. The Morgan fingerprint density at radius 2 is 1.94 bits per heavy atom. The Kier molecular flexibility index (Phi) is 1.96. The van der Waals surface area contributed by atoms with Crippen LogP contribution in [-0.4, -0.2) is 5.60 Å². The molecule has 3 aliphatic rings. The maximum atomic E-state index is 6.52. The van der Waals surface area contributed by atoms with Gasteiger partial charge in [0.2, 0.25) is 0 Å². The van der Waals surface area contributed by atoms with Crippen molar-refractivity contribution in [2.45, 2.75) is 57.2 Å². The van der Waals surface area contributed by atoms with E-state index >= 15 is 0 Å². The maximum absolute atomic E-state index is 6.52. The van der Waals surface area contributed by atoms with E-state index in [4.69, 9.17) is 4.74 Å². The van der Waals surface area contributed by atoms with Crippen LogP contribution in [0.25, 0.3) is 0 Å². The summed E-state index contributed by atoms with van der Waals surface area (Å²) in [7, 11) is 0. The van der Waals surface area contributed by atoms with Crippen LogP contribution in [0.3, 0.4) is 0 Å². The first-order valence-corrected chi connectivity index (χ1v) is 7.29. The summed E-state index contributed by atoms with van der Waals surface area (Å²) in [6, 6.07) is 8.99. The van der Waals surface area contributed by atoms with E-state index in [0.29, 0.717) is 17.4 Å². The molecule has 0 unspecified atom stereocenters. The number of hydrogen-bond donors (Lipinski definition) is 0. The molecule has 2 aliphatic carbocycles. The van der Waals surface area contributed by atoms with Crippen molar-refractivity contribution in [1.29, 1.82) is 0 Å². The minimum absolute atomic E-state index is 0.0555. The topological polar surface area (TPSA) is 9.23 Å². The molecule has 0 amide bonds. The zero-order valence-corrected chi connectivity index (χ0v) is 11.6. The molecule has 2 fully saturated rings. The quantitative estimate of drug-likeness (QED) is 0.661. The summed E-state index contributed by atoms with van der Waals surface area (Å²) in [4.78, 5) is 0. The Morgan fingerprint density at radius 3 is 2.78 bits per heavy atom. The molecule has 1 aromatic rings. The molecular weight excluding hydrogens is 220 g/mol. The van der Waals surface area contributed by atoms with Crippen LogP contribution in [-0.2, 0) is 10.2 Å². The van der Waals surface area contributed by atoms with Crippen molar-refractivity contribution in [3.05, 3.63) is 35.4 Å². The Labute approximate surface area is 110 Å². The molecule has 18 heavy (non-hydrogen) atoms. The highest BCUT2D eigenvalue weighted by atomic mass is 16.5. The molecule has 0 N–H and O–H groups in total. The van der Waals surface area contributed by atoms with Crippen molar-refractivity contribution in [1.82, 2.24) is 0 Å². The van der Waals surface area contributed by atoms with Gasteiger partial charge in [0.05, 0.1) is 11.7 Å². The summed E-state index contributed by atoms with van der Waals surface area (Å²) in [5, 5.41) is 0. The van der Waals surface area contributed by atoms with E-state index in [1.54, 1.807) is 5.56 Å². The van der Waals surface area contributed by atoms with E-state index in [9.17, 15) is 0 Å². The van der Waals surface area contributed by atoms with Crippen molar-refractivity contribution < 1.29 is 4.74 Å². The molecule has 1 saturated carbocycles. The van der Waals surface area contributed by atoms with Crippen molar-refractivity contribution in [2.24, 2.45) is 11.8 Å². The molecule has 96 valence electrons. The number of fused-ring (bicyclic) bond motifs is 4. The van der Waals surface area contributed by atoms with Crippen LogP contribution >= 0.6 is 0 Å². The lowest BCUT2D eigenvalue weighted by atomic mass is 9.60. The van der Waals surface area contributed by atoms with Crippen molar-refractivity contribution >= 4 is 0 Å². The maximum Gasteiger partial charge on any atom is 0.0871 e. The van der Waals surface area contributed by atoms with Crippen LogP contribution in [0.15, 0.2) is 24.3 Å². The SMILES string of the molecule is CC1(C)O[C@H]2c3ccccc3[C@]3(C)CC[C@H]1C[C@H]23. The van der Waals surface area contributed by atoms with Crippen LogP contribution in [0.2, 0.25) is 0 Å². The largest absolute Gasteiger partial charge is 0.367 e. The van der Waals surface area contributed by atoms with Crippen LogP contribution < -0.4 is 0 Å². The summed E-state index contributed by atoms with van der Waals surface area (Å²) in [6.07, 6.45) is 4.35. The number of ether oxygens (including phenoxy) is 1. The first-order valence-electron chi connectivity index (χ1n) is 7.29.